The van der Waals surface area contributed by atoms with Gasteiger partial charge in [-0.15, -0.1) is 0 Å². The first-order valence-corrected chi connectivity index (χ1v) is 7.79. The number of likely N-dealkylation sites (tertiary alicyclic amines) is 1. The number of amides is 2. The molecule has 0 radical (unpaired) electrons. The highest BCUT2D eigenvalue weighted by atomic mass is 16.2. The Labute approximate surface area is 115 Å². The van der Waals surface area contributed by atoms with Crippen molar-refractivity contribution in [1.29, 1.82) is 0 Å². The van der Waals surface area contributed by atoms with Crippen LogP contribution in [0.15, 0.2) is 0 Å². The van der Waals surface area contributed by atoms with Crippen LogP contribution in [0.4, 0.5) is 0 Å². The zero-order valence-corrected chi connectivity index (χ0v) is 12.0. The molecule has 1 atom stereocenters. The van der Waals surface area contributed by atoms with Gasteiger partial charge in [0.2, 0.25) is 11.8 Å². The number of carbonyl (C=O) groups excluding carboxylic acids is 2. The molecular formula is C15H26N2O2. The molecule has 4 nitrogen and oxygen atoms in total. The Kier molecular flexibility index (Phi) is 5.23. The fourth-order valence-electron chi connectivity index (χ4n) is 3.21. The number of nitrogens with one attached hydrogen (secondary N) is 1. The third-order valence-corrected chi connectivity index (χ3v) is 4.37. The number of unbranched alkanes of at least 4 members (excludes halogenated alkanes) is 2. The summed E-state index contributed by atoms with van der Waals surface area (Å²) in [5.74, 6) is 0.139. The van der Waals surface area contributed by atoms with Crippen LogP contribution in [0.3, 0.4) is 0 Å². The first-order chi connectivity index (χ1) is 9.22. The molecule has 0 spiro atoms. The van der Waals surface area contributed by atoms with Gasteiger partial charge in [-0.05, 0) is 19.3 Å². The van der Waals surface area contributed by atoms with Crippen LogP contribution in [0.2, 0.25) is 0 Å². The van der Waals surface area contributed by atoms with Crippen molar-refractivity contribution in [2.24, 2.45) is 5.92 Å². The zero-order chi connectivity index (χ0) is 13.7. The van der Waals surface area contributed by atoms with Crippen molar-refractivity contribution >= 4 is 11.8 Å². The first kappa shape index (κ1) is 14.4. The maximum atomic E-state index is 12.0. The fourth-order valence-corrected chi connectivity index (χ4v) is 3.21. The van der Waals surface area contributed by atoms with E-state index in [1.54, 1.807) is 0 Å². The Morgan fingerprint density at radius 2 is 2.05 bits per heavy atom. The van der Waals surface area contributed by atoms with Crippen molar-refractivity contribution in [3.63, 3.8) is 0 Å². The van der Waals surface area contributed by atoms with Gasteiger partial charge in [-0.3, -0.25) is 9.59 Å². The van der Waals surface area contributed by atoms with Gasteiger partial charge in [0.1, 0.15) is 0 Å². The molecule has 0 aromatic heterocycles. The van der Waals surface area contributed by atoms with Crippen LogP contribution in [0.5, 0.6) is 0 Å². The zero-order valence-electron chi connectivity index (χ0n) is 12.0. The van der Waals surface area contributed by atoms with Crippen molar-refractivity contribution in [1.82, 2.24) is 10.2 Å². The highest BCUT2D eigenvalue weighted by Crippen LogP contribution is 2.29. The summed E-state index contributed by atoms with van der Waals surface area (Å²) in [7, 11) is 0. The predicted octanol–water partition coefficient (Wildman–Crippen LogP) is 2.08. The first-order valence-electron chi connectivity index (χ1n) is 7.79. The Morgan fingerprint density at radius 1 is 1.32 bits per heavy atom. The minimum absolute atomic E-state index is 0.0740. The number of carbonyl (C=O) groups is 2. The van der Waals surface area contributed by atoms with Gasteiger partial charge in [0, 0.05) is 25.6 Å². The molecule has 1 saturated heterocycles. The second kappa shape index (κ2) is 6.92. The smallest absolute Gasteiger partial charge is 0.225 e. The van der Waals surface area contributed by atoms with E-state index in [1.165, 1.54) is 12.8 Å². The van der Waals surface area contributed by atoms with E-state index in [9.17, 15) is 9.59 Å². The largest absolute Gasteiger partial charge is 0.356 e. The molecule has 2 fully saturated rings. The maximum Gasteiger partial charge on any atom is 0.225 e. The molecule has 1 heterocycles. The normalized spacial score (nSPS) is 24.2. The van der Waals surface area contributed by atoms with Gasteiger partial charge < -0.3 is 10.2 Å². The minimum Gasteiger partial charge on any atom is -0.356 e. The van der Waals surface area contributed by atoms with Gasteiger partial charge >= 0.3 is 0 Å². The number of nitrogens with zero attached hydrogens (tertiary/aromatic N) is 1. The van der Waals surface area contributed by atoms with Crippen LogP contribution in [0.25, 0.3) is 0 Å². The summed E-state index contributed by atoms with van der Waals surface area (Å²) < 4.78 is 0. The van der Waals surface area contributed by atoms with E-state index in [2.05, 4.69) is 12.2 Å². The molecule has 1 unspecified atom stereocenters. The molecule has 2 amide bonds. The van der Waals surface area contributed by atoms with Gasteiger partial charge in [0.05, 0.1) is 5.92 Å². The second-order valence-corrected chi connectivity index (χ2v) is 5.88. The van der Waals surface area contributed by atoms with Gasteiger partial charge in [-0.2, -0.15) is 0 Å². The topological polar surface area (TPSA) is 49.4 Å². The van der Waals surface area contributed by atoms with Crippen LogP contribution in [0, 0.1) is 5.92 Å². The summed E-state index contributed by atoms with van der Waals surface area (Å²) in [4.78, 5) is 26.0. The van der Waals surface area contributed by atoms with Crippen molar-refractivity contribution < 1.29 is 9.59 Å². The summed E-state index contributed by atoms with van der Waals surface area (Å²) >= 11 is 0. The lowest BCUT2D eigenvalue weighted by Crippen LogP contribution is -2.37. The van der Waals surface area contributed by atoms with Crippen LogP contribution in [-0.4, -0.2) is 35.8 Å². The van der Waals surface area contributed by atoms with E-state index in [0.29, 0.717) is 19.0 Å². The molecule has 0 aromatic carbocycles. The minimum atomic E-state index is -0.116. The average Bonchev–Trinajstić information content (AvgIpc) is 3.03. The molecule has 108 valence electrons. The summed E-state index contributed by atoms with van der Waals surface area (Å²) in [6, 6.07) is 0.408. The van der Waals surface area contributed by atoms with Crippen LogP contribution in [0.1, 0.15) is 58.3 Å². The number of hydrogen-bond acceptors (Lipinski definition) is 2. The lowest BCUT2D eigenvalue weighted by molar-refractivity contribution is -0.130. The molecule has 1 saturated carbocycles. The van der Waals surface area contributed by atoms with E-state index >= 15 is 0 Å². The van der Waals surface area contributed by atoms with Crippen molar-refractivity contribution in [3.8, 4) is 0 Å². The number of hydrogen-bond donors (Lipinski definition) is 1. The SMILES string of the molecule is CCCCCNC(=O)C1CC(=O)N(C2CCCC2)C1. The molecule has 1 N–H and O–H groups in total. The molecule has 19 heavy (non-hydrogen) atoms. The van der Waals surface area contributed by atoms with Crippen molar-refractivity contribution in [2.45, 2.75) is 64.3 Å². The molecule has 0 aromatic rings. The standard InChI is InChI=1S/C15H26N2O2/c1-2-3-6-9-16-15(19)12-10-14(18)17(11-12)13-7-4-5-8-13/h12-13H,2-11H2,1H3,(H,16,19). The Balaban J connectivity index is 1.76. The van der Waals surface area contributed by atoms with E-state index in [1.807, 2.05) is 4.90 Å². The highest BCUT2D eigenvalue weighted by molar-refractivity contribution is 5.89. The van der Waals surface area contributed by atoms with E-state index in [0.717, 1.165) is 38.6 Å². The van der Waals surface area contributed by atoms with Gasteiger partial charge in [0.25, 0.3) is 0 Å². The van der Waals surface area contributed by atoms with Gasteiger partial charge in [-0.1, -0.05) is 32.6 Å². The molecule has 1 aliphatic carbocycles. The maximum absolute atomic E-state index is 12.0. The van der Waals surface area contributed by atoms with Crippen LogP contribution in [-0.2, 0) is 9.59 Å². The third-order valence-electron chi connectivity index (χ3n) is 4.37. The molecule has 1 aliphatic heterocycles. The van der Waals surface area contributed by atoms with Gasteiger partial charge in [0.15, 0.2) is 0 Å². The van der Waals surface area contributed by atoms with Crippen LogP contribution < -0.4 is 5.32 Å². The second-order valence-electron chi connectivity index (χ2n) is 5.88. The molecule has 2 rings (SSSR count). The average molecular weight is 266 g/mol. The number of rotatable bonds is 6. The lowest BCUT2D eigenvalue weighted by Gasteiger charge is -2.23. The highest BCUT2D eigenvalue weighted by Gasteiger charge is 2.38. The molecular weight excluding hydrogens is 240 g/mol. The summed E-state index contributed by atoms with van der Waals surface area (Å²) in [6.45, 7) is 3.54. The van der Waals surface area contributed by atoms with E-state index in [4.69, 9.17) is 0 Å². The quantitative estimate of drug-likeness (QED) is 0.748. The summed E-state index contributed by atoms with van der Waals surface area (Å²) in [5, 5.41) is 2.97. The Morgan fingerprint density at radius 3 is 2.74 bits per heavy atom. The Bertz CT molecular complexity index is 324. The van der Waals surface area contributed by atoms with Crippen molar-refractivity contribution in [3.05, 3.63) is 0 Å². The molecule has 4 heteroatoms. The molecule has 2 aliphatic rings. The monoisotopic (exact) mass is 266 g/mol. The van der Waals surface area contributed by atoms with E-state index in [-0.39, 0.29) is 17.7 Å². The van der Waals surface area contributed by atoms with Gasteiger partial charge in [-0.25, -0.2) is 0 Å². The Hall–Kier alpha value is -1.06. The predicted molar refractivity (Wildman–Crippen MR) is 74.6 cm³/mol. The van der Waals surface area contributed by atoms with Crippen LogP contribution >= 0.6 is 0 Å². The summed E-state index contributed by atoms with van der Waals surface area (Å²) in [5.41, 5.74) is 0. The molecule has 0 bridgehead atoms. The summed E-state index contributed by atoms with van der Waals surface area (Å²) in [6.07, 6.45) is 8.45. The lowest BCUT2D eigenvalue weighted by atomic mass is 10.1. The third kappa shape index (κ3) is 3.71. The fraction of sp³-hybridized carbons (Fsp3) is 0.867. The van der Waals surface area contributed by atoms with E-state index < -0.39 is 0 Å². The van der Waals surface area contributed by atoms with Crippen molar-refractivity contribution in [2.75, 3.05) is 13.1 Å².